The molecule has 0 radical (unpaired) electrons. The van der Waals surface area contributed by atoms with Gasteiger partial charge in [0.1, 0.15) is 11.2 Å². The van der Waals surface area contributed by atoms with Crippen LogP contribution in [0.1, 0.15) is 35.1 Å². The number of H-pyrrole nitrogens is 1. The minimum absolute atomic E-state index is 0.00935. The fraction of sp³-hybridized carbons (Fsp3) is 0.400. The van der Waals surface area contributed by atoms with E-state index >= 15 is 0 Å². The third kappa shape index (κ3) is 3.79. The first-order chi connectivity index (χ1) is 16.3. The van der Waals surface area contributed by atoms with Crippen LogP contribution >= 0.6 is 0 Å². The number of rotatable bonds is 4. The molecule has 0 unspecified atom stereocenters. The summed E-state index contributed by atoms with van der Waals surface area (Å²) in [6.07, 6.45) is 5.65. The number of nitrogens with one attached hydrogen (secondary N) is 1. The SMILES string of the molecule is O=C(c1nc2cnc3[nH]ccc3c2n1C1CCN(Cc2ccccc2)CC1)N1CCOCC1. The Balaban J connectivity index is 1.34. The number of nitrogens with zero attached hydrogens (tertiary/aromatic N) is 5. The number of fused-ring (bicyclic) bond motifs is 3. The summed E-state index contributed by atoms with van der Waals surface area (Å²) in [7, 11) is 0. The van der Waals surface area contributed by atoms with Gasteiger partial charge in [-0.05, 0) is 24.5 Å². The fourth-order valence-electron chi connectivity index (χ4n) is 5.18. The maximum atomic E-state index is 13.6. The molecule has 6 rings (SSSR count). The van der Waals surface area contributed by atoms with Crippen LogP contribution in [0.4, 0.5) is 0 Å². The monoisotopic (exact) mass is 444 g/mol. The minimum Gasteiger partial charge on any atom is -0.378 e. The standard InChI is InChI=1S/C25H28N6O2/c32-25(30-12-14-33-15-13-30)24-28-21-16-27-23-20(6-9-26-23)22(21)31(24)19-7-10-29(11-8-19)17-18-4-2-1-3-5-18/h1-6,9,16,19H,7-8,10-15,17H2,(H,26,27). The van der Waals surface area contributed by atoms with Gasteiger partial charge in [0.2, 0.25) is 5.82 Å². The molecule has 170 valence electrons. The number of aromatic nitrogens is 4. The lowest BCUT2D eigenvalue weighted by atomic mass is 10.0. The molecule has 1 N–H and O–H groups in total. The van der Waals surface area contributed by atoms with E-state index in [2.05, 4.69) is 49.8 Å². The van der Waals surface area contributed by atoms with Crippen molar-refractivity contribution in [2.75, 3.05) is 39.4 Å². The Labute approximate surface area is 192 Å². The van der Waals surface area contributed by atoms with Crippen LogP contribution in [0.15, 0.2) is 48.8 Å². The number of imidazole rings is 1. The fourth-order valence-corrected chi connectivity index (χ4v) is 5.18. The van der Waals surface area contributed by atoms with E-state index in [4.69, 9.17) is 9.72 Å². The smallest absolute Gasteiger partial charge is 0.290 e. The summed E-state index contributed by atoms with van der Waals surface area (Å²) >= 11 is 0. The maximum absolute atomic E-state index is 13.6. The molecule has 2 aliphatic heterocycles. The second-order valence-electron chi connectivity index (χ2n) is 8.93. The molecule has 4 aromatic rings. The zero-order valence-electron chi connectivity index (χ0n) is 18.6. The molecule has 8 heteroatoms. The largest absolute Gasteiger partial charge is 0.378 e. The second-order valence-corrected chi connectivity index (χ2v) is 8.93. The lowest BCUT2D eigenvalue weighted by molar-refractivity contribution is 0.0289. The Morgan fingerprint density at radius 1 is 1.06 bits per heavy atom. The third-order valence-corrected chi connectivity index (χ3v) is 6.90. The number of likely N-dealkylation sites (tertiary alicyclic amines) is 1. The normalized spacial score (nSPS) is 18.4. The third-order valence-electron chi connectivity index (χ3n) is 6.90. The Kier molecular flexibility index (Phi) is 5.32. The lowest BCUT2D eigenvalue weighted by Gasteiger charge is -2.34. The highest BCUT2D eigenvalue weighted by Crippen LogP contribution is 2.33. The molecular formula is C25H28N6O2. The average Bonchev–Trinajstić information content (AvgIpc) is 3.50. The molecule has 5 heterocycles. The number of amides is 1. The number of ether oxygens (including phenoxy) is 1. The van der Waals surface area contributed by atoms with Crippen molar-refractivity contribution in [1.29, 1.82) is 0 Å². The average molecular weight is 445 g/mol. The molecule has 0 bridgehead atoms. The summed E-state index contributed by atoms with van der Waals surface area (Å²) in [5.41, 5.74) is 3.97. The lowest BCUT2D eigenvalue weighted by Crippen LogP contribution is -2.42. The van der Waals surface area contributed by atoms with E-state index in [9.17, 15) is 4.79 Å². The minimum atomic E-state index is -0.00935. The van der Waals surface area contributed by atoms with Crippen LogP contribution in [0.2, 0.25) is 0 Å². The van der Waals surface area contributed by atoms with E-state index in [-0.39, 0.29) is 11.9 Å². The van der Waals surface area contributed by atoms with Crippen molar-refractivity contribution in [3.8, 4) is 0 Å². The number of benzene rings is 1. The highest BCUT2D eigenvalue weighted by Gasteiger charge is 2.31. The van der Waals surface area contributed by atoms with Gasteiger partial charge in [-0.1, -0.05) is 30.3 Å². The first kappa shape index (κ1) is 20.4. The quantitative estimate of drug-likeness (QED) is 0.523. The van der Waals surface area contributed by atoms with E-state index in [1.54, 1.807) is 6.20 Å². The number of piperidine rings is 1. The van der Waals surface area contributed by atoms with Crippen molar-refractivity contribution in [1.82, 2.24) is 29.3 Å². The Hall–Kier alpha value is -3.23. The number of carbonyl (C=O) groups is 1. The van der Waals surface area contributed by atoms with Gasteiger partial charge in [0.05, 0.1) is 24.9 Å². The summed E-state index contributed by atoms with van der Waals surface area (Å²) < 4.78 is 7.67. The van der Waals surface area contributed by atoms with Crippen molar-refractivity contribution >= 4 is 28.0 Å². The summed E-state index contributed by atoms with van der Waals surface area (Å²) in [6, 6.07) is 12.9. The molecule has 1 aromatic carbocycles. The highest BCUT2D eigenvalue weighted by molar-refractivity contribution is 6.04. The zero-order valence-corrected chi connectivity index (χ0v) is 18.6. The number of morpholine rings is 1. The van der Waals surface area contributed by atoms with Gasteiger partial charge in [0.25, 0.3) is 5.91 Å². The number of hydrogen-bond donors (Lipinski definition) is 1. The van der Waals surface area contributed by atoms with Crippen LogP contribution in [0.25, 0.3) is 22.1 Å². The molecule has 0 atom stereocenters. The van der Waals surface area contributed by atoms with E-state index in [0.29, 0.717) is 32.1 Å². The molecule has 1 amide bonds. The molecule has 8 nitrogen and oxygen atoms in total. The summed E-state index contributed by atoms with van der Waals surface area (Å²) in [5.74, 6) is 0.522. The summed E-state index contributed by atoms with van der Waals surface area (Å²) in [4.78, 5) is 30.5. The summed E-state index contributed by atoms with van der Waals surface area (Å²) in [5, 5.41) is 1.02. The summed E-state index contributed by atoms with van der Waals surface area (Å²) in [6.45, 7) is 5.31. The van der Waals surface area contributed by atoms with Crippen molar-refractivity contribution in [2.24, 2.45) is 0 Å². The van der Waals surface area contributed by atoms with Crippen molar-refractivity contribution in [3.63, 3.8) is 0 Å². The van der Waals surface area contributed by atoms with E-state index < -0.39 is 0 Å². The van der Waals surface area contributed by atoms with Gasteiger partial charge in [-0.15, -0.1) is 0 Å². The molecular weight excluding hydrogens is 416 g/mol. The molecule has 2 saturated heterocycles. The number of carbonyl (C=O) groups excluding carboxylic acids is 1. The molecule has 0 aliphatic carbocycles. The number of pyridine rings is 1. The molecule has 2 aliphatic rings. The van der Waals surface area contributed by atoms with Crippen molar-refractivity contribution in [3.05, 3.63) is 60.2 Å². The van der Waals surface area contributed by atoms with Gasteiger partial charge in [-0.2, -0.15) is 0 Å². The number of aromatic amines is 1. The number of hydrogen-bond acceptors (Lipinski definition) is 5. The van der Waals surface area contributed by atoms with Gasteiger partial charge < -0.3 is 19.2 Å². The predicted octanol–water partition coefficient (Wildman–Crippen LogP) is 3.22. The molecule has 2 fully saturated rings. The van der Waals surface area contributed by atoms with Crippen molar-refractivity contribution in [2.45, 2.75) is 25.4 Å². The second kappa shape index (κ2) is 8.61. The van der Waals surface area contributed by atoms with E-state index in [1.165, 1.54) is 5.56 Å². The topological polar surface area (TPSA) is 79.3 Å². The molecule has 33 heavy (non-hydrogen) atoms. The predicted molar refractivity (Wildman–Crippen MR) is 126 cm³/mol. The van der Waals surface area contributed by atoms with Gasteiger partial charge in [-0.3, -0.25) is 9.69 Å². The molecule has 0 spiro atoms. The van der Waals surface area contributed by atoms with Crippen LogP contribution in [-0.2, 0) is 11.3 Å². The Morgan fingerprint density at radius 3 is 2.64 bits per heavy atom. The molecule has 3 aromatic heterocycles. The van der Waals surface area contributed by atoms with Gasteiger partial charge in [0.15, 0.2) is 0 Å². The van der Waals surface area contributed by atoms with Gasteiger partial charge >= 0.3 is 0 Å². The van der Waals surface area contributed by atoms with Crippen LogP contribution in [0.3, 0.4) is 0 Å². The van der Waals surface area contributed by atoms with Crippen LogP contribution < -0.4 is 0 Å². The van der Waals surface area contributed by atoms with Gasteiger partial charge in [-0.25, -0.2) is 9.97 Å². The van der Waals surface area contributed by atoms with Crippen molar-refractivity contribution < 1.29 is 9.53 Å². The Morgan fingerprint density at radius 2 is 1.85 bits per heavy atom. The van der Waals surface area contributed by atoms with Crippen LogP contribution in [0, 0.1) is 0 Å². The Bertz CT molecular complexity index is 1270. The first-order valence-corrected chi connectivity index (χ1v) is 11.8. The molecule has 0 saturated carbocycles. The highest BCUT2D eigenvalue weighted by atomic mass is 16.5. The van der Waals surface area contributed by atoms with Gasteiger partial charge in [0, 0.05) is 50.3 Å². The first-order valence-electron chi connectivity index (χ1n) is 11.8. The van der Waals surface area contributed by atoms with Crippen LogP contribution in [0.5, 0.6) is 0 Å². The van der Waals surface area contributed by atoms with E-state index in [1.807, 2.05) is 17.2 Å². The zero-order chi connectivity index (χ0) is 22.2. The van der Waals surface area contributed by atoms with Crippen LogP contribution in [-0.4, -0.2) is 74.6 Å². The maximum Gasteiger partial charge on any atom is 0.290 e. The van der Waals surface area contributed by atoms with E-state index in [0.717, 1.165) is 54.5 Å².